The Morgan fingerprint density at radius 1 is 1.63 bits per heavy atom. The monoisotopic (exact) mass is 269 g/mol. The van der Waals surface area contributed by atoms with Gasteiger partial charge in [0, 0.05) is 26.3 Å². The smallest absolute Gasteiger partial charge is 0.256 e. The number of anilines is 1. The average Bonchev–Trinajstić information content (AvgIpc) is 2.38. The van der Waals surface area contributed by atoms with Crippen LogP contribution < -0.4 is 5.32 Å². The van der Waals surface area contributed by atoms with Crippen LogP contribution in [0.4, 0.5) is 10.2 Å². The van der Waals surface area contributed by atoms with Crippen molar-refractivity contribution in [1.29, 1.82) is 0 Å². The zero-order valence-corrected chi connectivity index (χ0v) is 11.5. The molecule has 106 valence electrons. The van der Waals surface area contributed by atoms with Gasteiger partial charge < -0.3 is 15.3 Å². The molecule has 0 bridgehead atoms. The first-order valence-corrected chi connectivity index (χ1v) is 6.29. The van der Waals surface area contributed by atoms with Crippen molar-refractivity contribution in [2.45, 2.75) is 26.4 Å². The number of aromatic nitrogens is 1. The van der Waals surface area contributed by atoms with Gasteiger partial charge in [0.05, 0.1) is 11.7 Å². The maximum absolute atomic E-state index is 14.0. The van der Waals surface area contributed by atoms with Crippen molar-refractivity contribution in [3.8, 4) is 0 Å². The highest BCUT2D eigenvalue weighted by molar-refractivity contribution is 5.95. The van der Waals surface area contributed by atoms with E-state index in [1.165, 1.54) is 17.2 Å². The molecule has 2 N–H and O–H groups in total. The highest BCUT2D eigenvalue weighted by Gasteiger charge is 2.19. The van der Waals surface area contributed by atoms with E-state index in [9.17, 15) is 14.3 Å². The molecule has 1 heterocycles. The lowest BCUT2D eigenvalue weighted by atomic mass is 10.2. The molecule has 0 radical (unpaired) electrons. The minimum atomic E-state index is -0.641. The molecule has 1 rings (SSSR count). The maximum Gasteiger partial charge on any atom is 0.256 e. The summed E-state index contributed by atoms with van der Waals surface area (Å²) in [6, 6.07) is 1.36. The van der Waals surface area contributed by atoms with Gasteiger partial charge in [-0.05, 0) is 26.3 Å². The molecule has 1 amide bonds. The van der Waals surface area contributed by atoms with Crippen molar-refractivity contribution in [3.05, 3.63) is 23.6 Å². The summed E-state index contributed by atoms with van der Waals surface area (Å²) >= 11 is 0. The van der Waals surface area contributed by atoms with Gasteiger partial charge in [0.25, 0.3) is 5.91 Å². The van der Waals surface area contributed by atoms with Crippen molar-refractivity contribution in [1.82, 2.24) is 9.88 Å². The van der Waals surface area contributed by atoms with Gasteiger partial charge in [-0.3, -0.25) is 4.79 Å². The van der Waals surface area contributed by atoms with Crippen LogP contribution in [0.3, 0.4) is 0 Å². The Labute approximate surface area is 112 Å². The first kappa shape index (κ1) is 15.4. The quantitative estimate of drug-likeness (QED) is 0.821. The summed E-state index contributed by atoms with van der Waals surface area (Å²) < 4.78 is 14.0. The largest absolute Gasteiger partial charge is 0.393 e. The molecule has 1 aromatic heterocycles. The van der Waals surface area contributed by atoms with E-state index in [1.54, 1.807) is 14.0 Å². The van der Waals surface area contributed by atoms with Gasteiger partial charge in [-0.1, -0.05) is 0 Å². The molecule has 5 nitrogen and oxygen atoms in total. The average molecular weight is 269 g/mol. The molecule has 0 aromatic carbocycles. The third-order valence-electron chi connectivity index (χ3n) is 2.69. The van der Waals surface area contributed by atoms with Crippen molar-refractivity contribution in [2.75, 3.05) is 25.5 Å². The van der Waals surface area contributed by atoms with Crippen LogP contribution in [0.25, 0.3) is 0 Å². The molecule has 0 saturated heterocycles. The molecule has 0 aliphatic carbocycles. The van der Waals surface area contributed by atoms with Gasteiger partial charge in [-0.25, -0.2) is 9.37 Å². The van der Waals surface area contributed by atoms with E-state index >= 15 is 0 Å². The topological polar surface area (TPSA) is 65.5 Å². The first-order chi connectivity index (χ1) is 8.97. The van der Waals surface area contributed by atoms with Crippen LogP contribution >= 0.6 is 0 Å². The number of aliphatic hydroxyl groups excluding tert-OH is 1. The number of nitrogens with zero attached hydrogens (tertiary/aromatic N) is 2. The molecule has 0 fully saturated rings. The third kappa shape index (κ3) is 4.17. The lowest BCUT2D eigenvalue weighted by Crippen LogP contribution is -2.30. The predicted octanol–water partition coefficient (Wildman–Crippen LogP) is 1.50. The van der Waals surface area contributed by atoms with Gasteiger partial charge in [0.15, 0.2) is 11.6 Å². The molecule has 0 aliphatic rings. The Morgan fingerprint density at radius 2 is 2.32 bits per heavy atom. The van der Waals surface area contributed by atoms with Crippen LogP contribution in [-0.2, 0) is 0 Å². The van der Waals surface area contributed by atoms with E-state index in [0.717, 1.165) is 0 Å². The molecule has 1 aromatic rings. The summed E-state index contributed by atoms with van der Waals surface area (Å²) in [5.41, 5.74) is -0.0148. The van der Waals surface area contributed by atoms with E-state index < -0.39 is 17.8 Å². The van der Waals surface area contributed by atoms with Gasteiger partial charge >= 0.3 is 0 Å². The Kier molecular flexibility index (Phi) is 5.69. The Morgan fingerprint density at radius 3 is 2.89 bits per heavy atom. The van der Waals surface area contributed by atoms with Crippen LogP contribution in [0, 0.1) is 5.82 Å². The summed E-state index contributed by atoms with van der Waals surface area (Å²) in [4.78, 5) is 17.3. The Bertz CT molecular complexity index is 438. The molecule has 19 heavy (non-hydrogen) atoms. The van der Waals surface area contributed by atoms with Crippen LogP contribution in [0.5, 0.6) is 0 Å². The van der Waals surface area contributed by atoms with Gasteiger partial charge in [0.2, 0.25) is 0 Å². The second-order valence-corrected chi connectivity index (χ2v) is 4.42. The zero-order valence-electron chi connectivity index (χ0n) is 11.5. The molecular weight excluding hydrogens is 249 g/mol. The number of amides is 1. The number of rotatable bonds is 6. The summed E-state index contributed by atoms with van der Waals surface area (Å²) in [5.74, 6) is -0.977. The molecule has 1 unspecified atom stereocenters. The van der Waals surface area contributed by atoms with Crippen molar-refractivity contribution < 1.29 is 14.3 Å². The number of halogens is 1. The highest BCUT2D eigenvalue weighted by Crippen LogP contribution is 2.16. The minimum Gasteiger partial charge on any atom is -0.393 e. The number of hydrogen-bond acceptors (Lipinski definition) is 4. The predicted molar refractivity (Wildman–Crippen MR) is 71.6 cm³/mol. The zero-order chi connectivity index (χ0) is 14.4. The normalized spacial score (nSPS) is 12.1. The number of hydrogen-bond donors (Lipinski definition) is 2. The number of nitrogens with one attached hydrogen (secondary N) is 1. The highest BCUT2D eigenvalue weighted by atomic mass is 19.1. The fraction of sp³-hybridized carbons (Fsp3) is 0.538. The molecule has 0 spiro atoms. The fourth-order valence-electron chi connectivity index (χ4n) is 1.59. The number of carbonyl (C=O) groups is 1. The molecular formula is C13H20FN3O2. The standard InChI is InChI=1S/C13H20FN3O2/c1-4-15-12-11(14)10(5-7-16-12)13(19)17(3)8-6-9(2)18/h5,7,9,18H,4,6,8H2,1-3H3,(H,15,16). The summed E-state index contributed by atoms with van der Waals surface area (Å²) in [6.07, 6.45) is 1.36. The van der Waals surface area contributed by atoms with E-state index in [0.29, 0.717) is 19.5 Å². The van der Waals surface area contributed by atoms with Gasteiger partial charge in [-0.15, -0.1) is 0 Å². The molecule has 1 atom stereocenters. The van der Waals surface area contributed by atoms with E-state index in [2.05, 4.69) is 10.3 Å². The molecule has 0 saturated carbocycles. The van der Waals surface area contributed by atoms with E-state index in [-0.39, 0.29) is 11.4 Å². The van der Waals surface area contributed by atoms with Crippen LogP contribution in [-0.4, -0.2) is 47.1 Å². The lowest BCUT2D eigenvalue weighted by Gasteiger charge is -2.18. The number of carbonyl (C=O) groups excluding carboxylic acids is 1. The van der Waals surface area contributed by atoms with Crippen molar-refractivity contribution in [3.63, 3.8) is 0 Å². The van der Waals surface area contributed by atoms with Gasteiger partial charge in [0.1, 0.15) is 0 Å². The molecule has 0 aliphatic heterocycles. The maximum atomic E-state index is 14.0. The van der Waals surface area contributed by atoms with Crippen molar-refractivity contribution >= 4 is 11.7 Å². The van der Waals surface area contributed by atoms with Crippen molar-refractivity contribution in [2.24, 2.45) is 0 Å². The van der Waals surface area contributed by atoms with E-state index in [4.69, 9.17) is 0 Å². The molecule has 6 heteroatoms. The Balaban J connectivity index is 2.84. The minimum absolute atomic E-state index is 0.0148. The number of pyridine rings is 1. The van der Waals surface area contributed by atoms with E-state index in [1.807, 2.05) is 6.92 Å². The van der Waals surface area contributed by atoms with Crippen LogP contribution in [0.2, 0.25) is 0 Å². The SMILES string of the molecule is CCNc1nccc(C(=O)N(C)CCC(C)O)c1F. The number of aliphatic hydroxyl groups is 1. The lowest BCUT2D eigenvalue weighted by molar-refractivity contribution is 0.0764. The van der Waals surface area contributed by atoms with Crippen LogP contribution in [0.15, 0.2) is 12.3 Å². The fourth-order valence-corrected chi connectivity index (χ4v) is 1.59. The summed E-state index contributed by atoms with van der Waals surface area (Å²) in [7, 11) is 1.58. The van der Waals surface area contributed by atoms with Crippen LogP contribution in [0.1, 0.15) is 30.6 Å². The first-order valence-electron chi connectivity index (χ1n) is 6.29. The third-order valence-corrected chi connectivity index (χ3v) is 2.69. The summed E-state index contributed by atoms with van der Waals surface area (Å²) in [6.45, 7) is 4.37. The summed E-state index contributed by atoms with van der Waals surface area (Å²) in [5, 5.41) is 12.0. The second-order valence-electron chi connectivity index (χ2n) is 4.42. The Hall–Kier alpha value is -1.69. The second kappa shape index (κ2) is 7.04. The van der Waals surface area contributed by atoms with Gasteiger partial charge in [-0.2, -0.15) is 0 Å².